The van der Waals surface area contributed by atoms with Gasteiger partial charge in [-0.25, -0.2) is 9.69 Å². The number of rotatable bonds is 2. The maximum absolute atomic E-state index is 12.4. The zero-order valence-electron chi connectivity index (χ0n) is 10.9. The molecule has 2 aliphatic heterocycles. The lowest BCUT2D eigenvalue weighted by molar-refractivity contribution is -0.120. The first kappa shape index (κ1) is 12.2. The Labute approximate surface area is 112 Å². The molecule has 3 amide bonds. The van der Waals surface area contributed by atoms with Crippen molar-refractivity contribution in [3.8, 4) is 0 Å². The van der Waals surface area contributed by atoms with Gasteiger partial charge in [-0.2, -0.15) is 0 Å². The summed E-state index contributed by atoms with van der Waals surface area (Å²) < 4.78 is 0. The van der Waals surface area contributed by atoms with E-state index in [9.17, 15) is 9.59 Å². The highest BCUT2D eigenvalue weighted by Crippen LogP contribution is 2.34. The van der Waals surface area contributed by atoms with Crippen LogP contribution in [-0.2, 0) is 11.3 Å². The standard InChI is InChI=1S/C14H17N3O2/c1-9-5-6-16-12(9)13(18)17(14(16)19)11-4-2-3-10(7-11)8-15/h2-4,7,9,12H,5-6,8,15H2,1H3. The van der Waals surface area contributed by atoms with Crippen LogP contribution in [0.3, 0.4) is 0 Å². The largest absolute Gasteiger partial charge is 0.332 e. The van der Waals surface area contributed by atoms with Gasteiger partial charge in [0.1, 0.15) is 6.04 Å². The van der Waals surface area contributed by atoms with Crippen LogP contribution >= 0.6 is 0 Å². The van der Waals surface area contributed by atoms with Gasteiger partial charge >= 0.3 is 6.03 Å². The van der Waals surface area contributed by atoms with Crippen LogP contribution in [-0.4, -0.2) is 29.4 Å². The van der Waals surface area contributed by atoms with Crippen molar-refractivity contribution in [1.29, 1.82) is 0 Å². The highest BCUT2D eigenvalue weighted by Gasteiger charge is 2.51. The first-order valence-electron chi connectivity index (χ1n) is 6.57. The molecule has 3 rings (SSSR count). The average molecular weight is 259 g/mol. The van der Waals surface area contributed by atoms with E-state index in [1.54, 1.807) is 11.0 Å². The summed E-state index contributed by atoms with van der Waals surface area (Å²) in [5.74, 6) is 0.128. The first-order chi connectivity index (χ1) is 9.13. The molecule has 2 heterocycles. The van der Waals surface area contributed by atoms with Crippen LogP contribution in [0.25, 0.3) is 0 Å². The number of imide groups is 1. The van der Waals surface area contributed by atoms with Gasteiger partial charge in [0, 0.05) is 13.1 Å². The topological polar surface area (TPSA) is 66.6 Å². The van der Waals surface area contributed by atoms with Crippen molar-refractivity contribution in [2.45, 2.75) is 25.9 Å². The van der Waals surface area contributed by atoms with E-state index in [4.69, 9.17) is 5.73 Å². The number of urea groups is 1. The Balaban J connectivity index is 1.97. The van der Waals surface area contributed by atoms with E-state index >= 15 is 0 Å². The molecule has 5 heteroatoms. The fourth-order valence-electron chi connectivity index (χ4n) is 2.95. The van der Waals surface area contributed by atoms with Gasteiger partial charge in [0.2, 0.25) is 0 Å². The molecule has 100 valence electrons. The lowest BCUT2D eigenvalue weighted by Crippen LogP contribution is -2.33. The highest BCUT2D eigenvalue weighted by molar-refractivity contribution is 6.21. The number of nitrogens with zero attached hydrogens (tertiary/aromatic N) is 2. The van der Waals surface area contributed by atoms with Crippen LogP contribution in [0, 0.1) is 5.92 Å². The molecule has 0 aromatic heterocycles. The van der Waals surface area contributed by atoms with Crippen LogP contribution in [0.1, 0.15) is 18.9 Å². The van der Waals surface area contributed by atoms with Gasteiger partial charge in [0.15, 0.2) is 0 Å². The van der Waals surface area contributed by atoms with Crippen molar-refractivity contribution in [3.05, 3.63) is 29.8 Å². The fourth-order valence-corrected chi connectivity index (χ4v) is 2.95. The Morgan fingerprint density at radius 3 is 2.84 bits per heavy atom. The van der Waals surface area contributed by atoms with Crippen LogP contribution in [0.15, 0.2) is 24.3 Å². The van der Waals surface area contributed by atoms with Crippen LogP contribution in [0.2, 0.25) is 0 Å². The summed E-state index contributed by atoms with van der Waals surface area (Å²) in [7, 11) is 0. The van der Waals surface area contributed by atoms with E-state index in [0.717, 1.165) is 12.0 Å². The Morgan fingerprint density at radius 2 is 2.16 bits per heavy atom. The Kier molecular flexibility index (Phi) is 2.78. The van der Waals surface area contributed by atoms with E-state index in [1.165, 1.54) is 4.90 Å². The Morgan fingerprint density at radius 1 is 1.37 bits per heavy atom. The van der Waals surface area contributed by atoms with Crippen molar-refractivity contribution in [3.63, 3.8) is 0 Å². The second-order valence-corrected chi connectivity index (χ2v) is 5.23. The van der Waals surface area contributed by atoms with Gasteiger partial charge in [-0.1, -0.05) is 19.1 Å². The minimum atomic E-state index is -0.283. The predicted octanol–water partition coefficient (Wildman–Crippen LogP) is 1.32. The molecule has 19 heavy (non-hydrogen) atoms. The molecule has 0 bridgehead atoms. The molecule has 0 spiro atoms. The van der Waals surface area contributed by atoms with Gasteiger partial charge in [0.25, 0.3) is 5.91 Å². The second kappa shape index (κ2) is 4.35. The summed E-state index contributed by atoms with van der Waals surface area (Å²) in [6.07, 6.45) is 0.902. The SMILES string of the molecule is CC1CCN2C(=O)N(c3cccc(CN)c3)C(=O)C12. The third-order valence-electron chi connectivity index (χ3n) is 4.01. The number of hydrogen-bond donors (Lipinski definition) is 1. The molecule has 0 aliphatic carbocycles. The minimum absolute atomic E-state index is 0.107. The summed E-state index contributed by atoms with van der Waals surface area (Å²) >= 11 is 0. The molecule has 0 radical (unpaired) electrons. The number of amides is 3. The normalized spacial score (nSPS) is 26.2. The Bertz CT molecular complexity index is 543. The van der Waals surface area contributed by atoms with Crippen LogP contribution in [0.4, 0.5) is 10.5 Å². The molecular formula is C14H17N3O2. The van der Waals surface area contributed by atoms with E-state index in [2.05, 4.69) is 0 Å². The van der Waals surface area contributed by atoms with Crippen molar-refractivity contribution in [2.75, 3.05) is 11.4 Å². The molecule has 1 aromatic rings. The second-order valence-electron chi connectivity index (χ2n) is 5.23. The van der Waals surface area contributed by atoms with Crippen LogP contribution < -0.4 is 10.6 Å². The molecule has 2 atom stereocenters. The number of anilines is 1. The molecule has 2 aliphatic rings. The van der Waals surface area contributed by atoms with Gasteiger partial charge in [-0.3, -0.25) is 4.79 Å². The van der Waals surface area contributed by atoms with Crippen LogP contribution in [0.5, 0.6) is 0 Å². The maximum Gasteiger partial charge on any atom is 0.332 e. The smallest absolute Gasteiger partial charge is 0.326 e. The predicted molar refractivity (Wildman–Crippen MR) is 71.5 cm³/mol. The lowest BCUT2D eigenvalue weighted by atomic mass is 10.0. The van der Waals surface area contributed by atoms with Crippen molar-refractivity contribution in [2.24, 2.45) is 11.7 Å². The number of benzene rings is 1. The molecule has 2 N–H and O–H groups in total. The number of carbonyl (C=O) groups excluding carboxylic acids is 2. The maximum atomic E-state index is 12.4. The van der Waals surface area contributed by atoms with E-state index in [0.29, 0.717) is 18.8 Å². The summed E-state index contributed by atoms with van der Waals surface area (Å²) in [5.41, 5.74) is 7.14. The minimum Gasteiger partial charge on any atom is -0.326 e. The quantitative estimate of drug-likeness (QED) is 0.815. The molecule has 0 saturated carbocycles. The first-order valence-corrected chi connectivity index (χ1v) is 6.57. The highest BCUT2D eigenvalue weighted by atomic mass is 16.2. The fraction of sp³-hybridized carbons (Fsp3) is 0.429. The monoisotopic (exact) mass is 259 g/mol. The zero-order valence-corrected chi connectivity index (χ0v) is 10.9. The summed E-state index contributed by atoms with van der Waals surface area (Å²) in [6.45, 7) is 3.09. The number of fused-ring (bicyclic) bond motifs is 1. The number of hydrogen-bond acceptors (Lipinski definition) is 3. The van der Waals surface area contributed by atoms with Gasteiger partial charge in [-0.15, -0.1) is 0 Å². The molecule has 2 saturated heterocycles. The number of carbonyl (C=O) groups is 2. The van der Waals surface area contributed by atoms with E-state index in [1.807, 2.05) is 25.1 Å². The molecule has 5 nitrogen and oxygen atoms in total. The molecule has 2 unspecified atom stereocenters. The molecule has 1 aromatic carbocycles. The summed E-state index contributed by atoms with van der Waals surface area (Å²) in [4.78, 5) is 27.8. The third-order valence-corrected chi connectivity index (χ3v) is 4.01. The lowest BCUT2D eigenvalue weighted by Gasteiger charge is -2.16. The summed E-state index contributed by atoms with van der Waals surface area (Å²) in [6, 6.07) is 6.82. The van der Waals surface area contributed by atoms with Crippen molar-refractivity contribution >= 4 is 17.6 Å². The van der Waals surface area contributed by atoms with Gasteiger partial charge in [0.05, 0.1) is 5.69 Å². The summed E-state index contributed by atoms with van der Waals surface area (Å²) in [5, 5.41) is 0. The molecule has 2 fully saturated rings. The zero-order chi connectivity index (χ0) is 13.6. The van der Waals surface area contributed by atoms with Crippen molar-refractivity contribution < 1.29 is 9.59 Å². The number of nitrogens with two attached hydrogens (primary N) is 1. The average Bonchev–Trinajstić information content (AvgIpc) is 2.91. The van der Waals surface area contributed by atoms with Gasteiger partial charge in [-0.05, 0) is 30.0 Å². The van der Waals surface area contributed by atoms with Gasteiger partial charge < -0.3 is 10.6 Å². The molecular weight excluding hydrogens is 242 g/mol. The van der Waals surface area contributed by atoms with Crippen molar-refractivity contribution in [1.82, 2.24) is 4.90 Å². The third kappa shape index (κ3) is 1.73. The van der Waals surface area contributed by atoms with E-state index in [-0.39, 0.29) is 23.9 Å². The van der Waals surface area contributed by atoms with E-state index < -0.39 is 0 Å². The Hall–Kier alpha value is -1.88.